The van der Waals surface area contributed by atoms with Gasteiger partial charge in [-0.2, -0.15) is 0 Å². The monoisotopic (exact) mass is 486 g/mol. The summed E-state index contributed by atoms with van der Waals surface area (Å²) in [5.41, 5.74) is 3.31. The highest BCUT2D eigenvalue weighted by Crippen LogP contribution is 2.23. The van der Waals surface area contributed by atoms with Gasteiger partial charge in [-0.15, -0.1) is 0 Å². The van der Waals surface area contributed by atoms with E-state index in [4.69, 9.17) is 4.74 Å². The molecule has 0 aliphatic rings. The first kappa shape index (κ1) is 23.9. The first-order valence-electron chi connectivity index (χ1n) is 12.2. The molecule has 0 spiro atoms. The number of para-hydroxylation sites is 1. The quantitative estimate of drug-likeness (QED) is 0.227. The highest BCUT2D eigenvalue weighted by Gasteiger charge is 2.10. The third-order valence-electron chi connectivity index (χ3n) is 6.08. The Morgan fingerprint density at radius 2 is 1.54 bits per heavy atom. The standard InChI is InChI=1S/C32H26N2O3/c35-31(20-24-5-4-8-30(19-24)37-29-6-2-1-3-7-29)25-12-9-23(10-13-25)11-16-32(36)34-28-15-14-27-22-33-18-17-26(27)21-28/h1-10,12-15,17-19,21-22H,11,16,20H2,(H,34,36). The number of carbonyl (C=O) groups excluding carboxylic acids is 2. The Labute approximate surface area is 215 Å². The smallest absolute Gasteiger partial charge is 0.224 e. The van der Waals surface area contributed by atoms with Gasteiger partial charge in [-0.3, -0.25) is 14.6 Å². The largest absolute Gasteiger partial charge is 0.457 e. The number of anilines is 1. The van der Waals surface area contributed by atoms with Gasteiger partial charge in [0.15, 0.2) is 5.78 Å². The van der Waals surface area contributed by atoms with Crippen molar-refractivity contribution in [2.75, 3.05) is 5.32 Å². The fourth-order valence-corrected chi connectivity index (χ4v) is 4.13. The Morgan fingerprint density at radius 1 is 0.730 bits per heavy atom. The number of rotatable bonds is 9. The summed E-state index contributed by atoms with van der Waals surface area (Å²) < 4.78 is 5.88. The minimum atomic E-state index is -0.0498. The van der Waals surface area contributed by atoms with Crippen molar-refractivity contribution in [1.29, 1.82) is 0 Å². The number of amides is 1. The minimum Gasteiger partial charge on any atom is -0.457 e. The maximum atomic E-state index is 12.8. The number of aromatic nitrogens is 1. The van der Waals surface area contributed by atoms with Crippen molar-refractivity contribution in [3.63, 3.8) is 0 Å². The number of carbonyl (C=O) groups is 2. The molecule has 0 bridgehead atoms. The number of Topliss-reactive ketones (excluding diaryl/α,β-unsaturated/α-hetero) is 1. The molecule has 4 aromatic carbocycles. The SMILES string of the molecule is O=C(CCc1ccc(C(=O)Cc2cccc(Oc3ccccc3)c2)cc1)Nc1ccc2cnccc2c1. The fourth-order valence-electron chi connectivity index (χ4n) is 4.13. The lowest BCUT2D eigenvalue weighted by molar-refractivity contribution is -0.116. The molecule has 0 fully saturated rings. The molecule has 182 valence electrons. The predicted molar refractivity (Wildman–Crippen MR) is 146 cm³/mol. The minimum absolute atomic E-state index is 0.0349. The van der Waals surface area contributed by atoms with Gasteiger partial charge in [0.2, 0.25) is 5.91 Å². The number of aryl methyl sites for hydroxylation is 1. The first-order chi connectivity index (χ1) is 18.1. The van der Waals surface area contributed by atoms with Crippen molar-refractivity contribution >= 4 is 28.2 Å². The number of nitrogens with zero attached hydrogens (tertiary/aromatic N) is 1. The third kappa shape index (κ3) is 6.47. The molecule has 5 rings (SSSR count). The van der Waals surface area contributed by atoms with E-state index in [0.29, 0.717) is 24.2 Å². The average molecular weight is 487 g/mol. The number of fused-ring (bicyclic) bond motifs is 1. The van der Waals surface area contributed by atoms with Crippen molar-refractivity contribution in [3.05, 3.63) is 132 Å². The Bertz CT molecular complexity index is 1530. The molecule has 0 saturated carbocycles. The van der Waals surface area contributed by atoms with Crippen LogP contribution in [0, 0.1) is 0 Å². The van der Waals surface area contributed by atoms with Crippen LogP contribution in [0.15, 0.2) is 116 Å². The molecule has 0 unspecified atom stereocenters. The Morgan fingerprint density at radius 3 is 2.38 bits per heavy atom. The van der Waals surface area contributed by atoms with Crippen LogP contribution in [-0.2, 0) is 17.6 Å². The Kier molecular flexibility index (Phi) is 7.32. The van der Waals surface area contributed by atoms with Gasteiger partial charge < -0.3 is 10.1 Å². The van der Waals surface area contributed by atoms with Gasteiger partial charge >= 0.3 is 0 Å². The summed E-state index contributed by atoms with van der Waals surface area (Å²) in [6.07, 6.45) is 4.77. The molecular formula is C32H26N2O3. The summed E-state index contributed by atoms with van der Waals surface area (Å²) >= 11 is 0. The molecule has 1 aromatic heterocycles. The van der Waals surface area contributed by atoms with E-state index in [1.165, 1.54) is 0 Å². The molecule has 0 saturated heterocycles. The van der Waals surface area contributed by atoms with Gasteiger partial charge in [0.05, 0.1) is 0 Å². The summed E-state index contributed by atoms with van der Waals surface area (Å²) in [5.74, 6) is 1.44. The molecule has 5 aromatic rings. The molecular weight excluding hydrogens is 460 g/mol. The number of ether oxygens (including phenoxy) is 1. The molecule has 1 N–H and O–H groups in total. The Balaban J connectivity index is 1.13. The van der Waals surface area contributed by atoms with Gasteiger partial charge in [0.1, 0.15) is 11.5 Å². The molecule has 5 nitrogen and oxygen atoms in total. The van der Waals surface area contributed by atoms with Crippen LogP contribution < -0.4 is 10.1 Å². The van der Waals surface area contributed by atoms with Crippen LogP contribution >= 0.6 is 0 Å². The van der Waals surface area contributed by atoms with Gasteiger partial charge in [0, 0.05) is 41.9 Å². The summed E-state index contributed by atoms with van der Waals surface area (Å²) in [6.45, 7) is 0. The molecule has 1 heterocycles. The van der Waals surface area contributed by atoms with Crippen molar-refractivity contribution in [2.45, 2.75) is 19.3 Å². The fraction of sp³-hybridized carbons (Fsp3) is 0.0938. The van der Waals surface area contributed by atoms with Gasteiger partial charge in [-0.25, -0.2) is 0 Å². The second-order valence-electron chi connectivity index (χ2n) is 8.85. The third-order valence-corrected chi connectivity index (χ3v) is 6.08. The van der Waals surface area contributed by atoms with Crippen molar-refractivity contribution < 1.29 is 14.3 Å². The lowest BCUT2D eigenvalue weighted by Crippen LogP contribution is -2.12. The van der Waals surface area contributed by atoms with Gasteiger partial charge in [-0.1, -0.05) is 60.7 Å². The highest BCUT2D eigenvalue weighted by molar-refractivity contribution is 5.97. The van der Waals surface area contributed by atoms with E-state index in [-0.39, 0.29) is 18.1 Å². The van der Waals surface area contributed by atoms with Crippen LogP contribution in [0.3, 0.4) is 0 Å². The number of pyridine rings is 1. The molecule has 0 aliphatic heterocycles. The summed E-state index contributed by atoms with van der Waals surface area (Å²) in [5, 5.41) is 5.02. The van der Waals surface area contributed by atoms with Crippen LogP contribution in [0.25, 0.3) is 10.8 Å². The molecule has 0 radical (unpaired) electrons. The van der Waals surface area contributed by atoms with E-state index in [1.807, 2.05) is 103 Å². The van der Waals surface area contributed by atoms with E-state index in [0.717, 1.165) is 33.3 Å². The van der Waals surface area contributed by atoms with Crippen LogP contribution in [0.5, 0.6) is 11.5 Å². The maximum Gasteiger partial charge on any atom is 0.224 e. The number of ketones is 1. The highest BCUT2D eigenvalue weighted by atomic mass is 16.5. The molecule has 5 heteroatoms. The molecule has 1 amide bonds. The second-order valence-corrected chi connectivity index (χ2v) is 8.85. The van der Waals surface area contributed by atoms with Crippen LogP contribution in [-0.4, -0.2) is 16.7 Å². The predicted octanol–water partition coefficient (Wildman–Crippen LogP) is 7.02. The topological polar surface area (TPSA) is 68.3 Å². The van der Waals surface area contributed by atoms with Crippen LogP contribution in [0.4, 0.5) is 5.69 Å². The number of nitrogens with one attached hydrogen (secondary N) is 1. The number of hydrogen-bond acceptors (Lipinski definition) is 4. The zero-order valence-electron chi connectivity index (χ0n) is 20.3. The average Bonchev–Trinajstić information content (AvgIpc) is 2.93. The van der Waals surface area contributed by atoms with E-state index >= 15 is 0 Å². The van der Waals surface area contributed by atoms with Crippen LogP contribution in [0.2, 0.25) is 0 Å². The van der Waals surface area contributed by atoms with Gasteiger partial charge in [-0.05, 0) is 65.4 Å². The first-order valence-corrected chi connectivity index (χ1v) is 12.2. The number of hydrogen-bond donors (Lipinski definition) is 1. The van der Waals surface area contributed by atoms with Crippen molar-refractivity contribution in [2.24, 2.45) is 0 Å². The van der Waals surface area contributed by atoms with E-state index in [9.17, 15) is 9.59 Å². The lowest BCUT2D eigenvalue weighted by atomic mass is 10.0. The van der Waals surface area contributed by atoms with E-state index in [2.05, 4.69) is 10.3 Å². The summed E-state index contributed by atoms with van der Waals surface area (Å²) in [4.78, 5) is 29.4. The van der Waals surface area contributed by atoms with Crippen molar-refractivity contribution in [1.82, 2.24) is 4.98 Å². The maximum absolute atomic E-state index is 12.8. The second kappa shape index (κ2) is 11.3. The zero-order chi connectivity index (χ0) is 25.5. The lowest BCUT2D eigenvalue weighted by Gasteiger charge is -2.08. The molecule has 0 aliphatic carbocycles. The zero-order valence-corrected chi connectivity index (χ0v) is 20.3. The van der Waals surface area contributed by atoms with Crippen LogP contribution in [0.1, 0.15) is 27.9 Å². The van der Waals surface area contributed by atoms with E-state index in [1.54, 1.807) is 12.4 Å². The molecule has 37 heavy (non-hydrogen) atoms. The van der Waals surface area contributed by atoms with E-state index < -0.39 is 0 Å². The van der Waals surface area contributed by atoms with Crippen molar-refractivity contribution in [3.8, 4) is 11.5 Å². The number of benzene rings is 4. The summed E-state index contributed by atoms with van der Waals surface area (Å²) in [7, 11) is 0. The summed E-state index contributed by atoms with van der Waals surface area (Å²) in [6, 6.07) is 32.3. The van der Waals surface area contributed by atoms with Gasteiger partial charge in [0.25, 0.3) is 0 Å². The Hall–Kier alpha value is -4.77. The molecule has 0 atom stereocenters. The normalized spacial score (nSPS) is 10.7.